The predicted molar refractivity (Wildman–Crippen MR) is 60.1 cm³/mol. The second-order valence-electron chi connectivity index (χ2n) is 4.08. The van der Waals surface area contributed by atoms with Crippen LogP contribution >= 0.6 is 0 Å². The van der Waals surface area contributed by atoms with E-state index in [-0.39, 0.29) is 0 Å². The Balaban J connectivity index is 1.74. The summed E-state index contributed by atoms with van der Waals surface area (Å²) in [6.07, 6.45) is 7.13. The van der Waals surface area contributed by atoms with E-state index < -0.39 is 5.82 Å². The van der Waals surface area contributed by atoms with Crippen LogP contribution in [-0.4, -0.2) is 32.8 Å². The Morgan fingerprint density at radius 3 is 2.82 bits per heavy atom. The maximum atomic E-state index is 12.7. The molecular weight excluding hydrogens is 221 g/mol. The quantitative estimate of drug-likeness (QED) is 0.783. The third-order valence-electron chi connectivity index (χ3n) is 2.95. The molecule has 1 saturated heterocycles. The maximum absolute atomic E-state index is 12.7. The Morgan fingerprint density at radius 2 is 2.12 bits per heavy atom. The van der Waals surface area contributed by atoms with Gasteiger partial charge in [0.2, 0.25) is 5.95 Å². The van der Waals surface area contributed by atoms with Crippen molar-refractivity contribution >= 4 is 5.95 Å². The van der Waals surface area contributed by atoms with Crippen molar-refractivity contribution < 1.29 is 4.39 Å². The lowest BCUT2D eigenvalue weighted by Gasteiger charge is -2.15. The van der Waals surface area contributed by atoms with Gasteiger partial charge >= 0.3 is 0 Å². The van der Waals surface area contributed by atoms with Crippen molar-refractivity contribution in [3.63, 3.8) is 0 Å². The Kier molecular flexibility index (Phi) is 2.47. The summed E-state index contributed by atoms with van der Waals surface area (Å²) in [5.74, 6) is 0.178. The molecule has 1 aliphatic heterocycles. The molecule has 0 saturated carbocycles. The highest BCUT2D eigenvalue weighted by Crippen LogP contribution is 2.23. The van der Waals surface area contributed by atoms with E-state index in [0.717, 1.165) is 19.5 Å². The molecule has 88 valence electrons. The molecule has 5 nitrogen and oxygen atoms in total. The van der Waals surface area contributed by atoms with Crippen LogP contribution in [0.25, 0.3) is 0 Å². The van der Waals surface area contributed by atoms with E-state index in [2.05, 4.69) is 15.1 Å². The second-order valence-corrected chi connectivity index (χ2v) is 4.08. The number of hydrogen-bond acceptors (Lipinski definition) is 4. The molecule has 0 amide bonds. The highest BCUT2D eigenvalue weighted by molar-refractivity contribution is 5.30. The summed E-state index contributed by atoms with van der Waals surface area (Å²) >= 11 is 0. The first-order valence-corrected chi connectivity index (χ1v) is 5.54. The lowest BCUT2D eigenvalue weighted by Crippen LogP contribution is -2.23. The number of hydrogen-bond donors (Lipinski definition) is 0. The first-order chi connectivity index (χ1) is 8.33. The molecule has 3 heterocycles. The molecule has 1 aliphatic rings. The Hall–Kier alpha value is -1.98. The summed E-state index contributed by atoms with van der Waals surface area (Å²) in [6.45, 7) is 1.68. The van der Waals surface area contributed by atoms with Gasteiger partial charge in [-0.25, -0.2) is 14.4 Å². The van der Waals surface area contributed by atoms with Crippen molar-refractivity contribution in [2.75, 3.05) is 18.0 Å². The lowest BCUT2D eigenvalue weighted by molar-refractivity contribution is 0.494. The minimum Gasteiger partial charge on any atom is -0.339 e. The van der Waals surface area contributed by atoms with Crippen molar-refractivity contribution in [1.29, 1.82) is 0 Å². The number of rotatable bonds is 2. The normalized spacial score (nSPS) is 19.8. The fraction of sp³-hybridized carbons (Fsp3) is 0.364. The third kappa shape index (κ3) is 1.98. The van der Waals surface area contributed by atoms with E-state index in [0.29, 0.717) is 12.0 Å². The molecule has 2 aromatic rings. The van der Waals surface area contributed by atoms with Crippen LogP contribution in [0.1, 0.15) is 12.5 Å². The second kappa shape index (κ2) is 4.12. The fourth-order valence-corrected chi connectivity index (χ4v) is 2.10. The molecule has 0 radical (unpaired) electrons. The van der Waals surface area contributed by atoms with Crippen LogP contribution in [0.15, 0.2) is 30.9 Å². The van der Waals surface area contributed by atoms with Gasteiger partial charge in [0, 0.05) is 25.5 Å². The molecule has 17 heavy (non-hydrogen) atoms. The maximum Gasteiger partial charge on any atom is 0.225 e. The van der Waals surface area contributed by atoms with Crippen LogP contribution in [0.3, 0.4) is 0 Å². The van der Waals surface area contributed by atoms with E-state index in [1.165, 1.54) is 12.4 Å². The van der Waals surface area contributed by atoms with Crippen LogP contribution in [0, 0.1) is 5.82 Å². The molecule has 0 aromatic carbocycles. The number of halogens is 1. The third-order valence-corrected chi connectivity index (χ3v) is 2.95. The monoisotopic (exact) mass is 233 g/mol. The Morgan fingerprint density at radius 1 is 1.29 bits per heavy atom. The van der Waals surface area contributed by atoms with Gasteiger partial charge in [-0.1, -0.05) is 0 Å². The first kappa shape index (κ1) is 10.2. The van der Waals surface area contributed by atoms with Crippen LogP contribution in [-0.2, 0) is 0 Å². The largest absolute Gasteiger partial charge is 0.339 e. The topological polar surface area (TPSA) is 46.8 Å². The van der Waals surface area contributed by atoms with Gasteiger partial charge in [0.25, 0.3) is 0 Å². The number of anilines is 1. The van der Waals surface area contributed by atoms with E-state index in [1.54, 1.807) is 6.20 Å². The molecular formula is C11H12FN5. The van der Waals surface area contributed by atoms with Crippen LogP contribution in [0.4, 0.5) is 10.3 Å². The van der Waals surface area contributed by atoms with Crippen molar-refractivity contribution in [1.82, 2.24) is 19.7 Å². The van der Waals surface area contributed by atoms with Crippen molar-refractivity contribution in [2.45, 2.75) is 12.5 Å². The zero-order valence-corrected chi connectivity index (χ0v) is 9.20. The van der Waals surface area contributed by atoms with Gasteiger partial charge in [0.1, 0.15) is 0 Å². The summed E-state index contributed by atoms with van der Waals surface area (Å²) in [5.41, 5.74) is 0. The van der Waals surface area contributed by atoms with Crippen LogP contribution in [0.2, 0.25) is 0 Å². The Bertz CT molecular complexity index is 481. The molecule has 0 N–H and O–H groups in total. The average molecular weight is 233 g/mol. The van der Waals surface area contributed by atoms with Crippen molar-refractivity contribution in [3.05, 3.63) is 36.7 Å². The molecule has 3 rings (SSSR count). The van der Waals surface area contributed by atoms with E-state index in [1.807, 2.05) is 21.8 Å². The molecule has 2 aromatic heterocycles. The van der Waals surface area contributed by atoms with Gasteiger partial charge in [-0.3, -0.25) is 4.68 Å². The van der Waals surface area contributed by atoms with Crippen molar-refractivity contribution in [2.24, 2.45) is 0 Å². The molecule has 0 bridgehead atoms. The highest BCUT2D eigenvalue weighted by Gasteiger charge is 2.25. The van der Waals surface area contributed by atoms with Gasteiger partial charge in [-0.05, 0) is 12.5 Å². The molecule has 0 spiro atoms. The number of aromatic nitrogens is 4. The van der Waals surface area contributed by atoms with Gasteiger partial charge in [-0.2, -0.15) is 5.10 Å². The summed E-state index contributed by atoms with van der Waals surface area (Å²) in [5, 5.41) is 4.23. The van der Waals surface area contributed by atoms with E-state index in [4.69, 9.17) is 0 Å². The van der Waals surface area contributed by atoms with Crippen molar-refractivity contribution in [3.8, 4) is 0 Å². The first-order valence-electron chi connectivity index (χ1n) is 5.54. The summed E-state index contributed by atoms with van der Waals surface area (Å²) in [4.78, 5) is 10.0. The zero-order valence-electron chi connectivity index (χ0n) is 9.20. The SMILES string of the molecule is Fc1cnc(N2CCC(n3cccn3)C2)nc1. The predicted octanol–water partition coefficient (Wildman–Crippen LogP) is 1.26. The summed E-state index contributed by atoms with van der Waals surface area (Å²) in [6, 6.07) is 2.26. The van der Waals surface area contributed by atoms with Crippen LogP contribution < -0.4 is 4.90 Å². The molecule has 6 heteroatoms. The summed E-state index contributed by atoms with van der Waals surface area (Å²) in [7, 11) is 0. The summed E-state index contributed by atoms with van der Waals surface area (Å²) < 4.78 is 14.7. The van der Waals surface area contributed by atoms with Gasteiger partial charge in [0.05, 0.1) is 18.4 Å². The zero-order chi connectivity index (χ0) is 11.7. The lowest BCUT2D eigenvalue weighted by atomic mass is 10.3. The average Bonchev–Trinajstić information content (AvgIpc) is 3.00. The standard InChI is InChI=1S/C11H12FN5/c12-9-6-13-11(14-7-9)16-5-2-10(8-16)17-4-1-3-15-17/h1,3-4,6-7,10H,2,5,8H2. The molecule has 1 unspecified atom stereocenters. The van der Waals surface area contributed by atoms with E-state index >= 15 is 0 Å². The highest BCUT2D eigenvalue weighted by atomic mass is 19.1. The van der Waals surface area contributed by atoms with Crippen LogP contribution in [0.5, 0.6) is 0 Å². The molecule has 1 fully saturated rings. The van der Waals surface area contributed by atoms with Gasteiger partial charge in [-0.15, -0.1) is 0 Å². The Labute approximate surface area is 97.9 Å². The number of nitrogens with zero attached hydrogens (tertiary/aromatic N) is 5. The van der Waals surface area contributed by atoms with E-state index in [9.17, 15) is 4.39 Å². The minimum atomic E-state index is -0.406. The smallest absolute Gasteiger partial charge is 0.225 e. The molecule has 0 aliphatic carbocycles. The molecule has 1 atom stereocenters. The van der Waals surface area contributed by atoms with Gasteiger partial charge < -0.3 is 4.90 Å². The minimum absolute atomic E-state index is 0.346. The van der Waals surface area contributed by atoms with Gasteiger partial charge in [0.15, 0.2) is 5.82 Å². The fourth-order valence-electron chi connectivity index (χ4n) is 2.10.